The van der Waals surface area contributed by atoms with Crippen molar-refractivity contribution in [3.63, 3.8) is 0 Å². The summed E-state index contributed by atoms with van der Waals surface area (Å²) in [4.78, 5) is 42.7. The van der Waals surface area contributed by atoms with Crippen LogP contribution in [0.2, 0.25) is 0 Å². The van der Waals surface area contributed by atoms with Gasteiger partial charge >= 0.3 is 11.3 Å². The average molecular weight is 403 g/mol. The molecule has 2 amide bonds. The van der Waals surface area contributed by atoms with E-state index in [9.17, 15) is 14.4 Å². The van der Waals surface area contributed by atoms with Crippen LogP contribution in [0.15, 0.2) is 60.7 Å². The summed E-state index contributed by atoms with van der Waals surface area (Å²) in [5.74, 6) is -0.988. The molecule has 1 fully saturated rings. The highest BCUT2D eigenvalue weighted by atomic mass is 35.5. The SMILES string of the molecule is O=C(NO[C@@H]1C[C@@H](C(=O)OCc2ccccc2)N(C(=O)Cl)C1)c1ccccc1. The van der Waals surface area contributed by atoms with Crippen molar-refractivity contribution >= 4 is 28.8 Å². The number of ether oxygens (including phenoxy) is 1. The molecule has 2 atom stereocenters. The van der Waals surface area contributed by atoms with Crippen LogP contribution in [0.25, 0.3) is 0 Å². The molecule has 2 aromatic rings. The van der Waals surface area contributed by atoms with Crippen LogP contribution in [0.5, 0.6) is 0 Å². The number of hydrogen-bond acceptors (Lipinski definition) is 5. The molecule has 1 N–H and O–H groups in total. The number of hydroxylamine groups is 1. The predicted molar refractivity (Wildman–Crippen MR) is 101 cm³/mol. The number of nitrogens with zero attached hydrogens (tertiary/aromatic N) is 1. The van der Waals surface area contributed by atoms with Crippen molar-refractivity contribution in [2.45, 2.75) is 25.2 Å². The Labute approximate surface area is 167 Å². The summed E-state index contributed by atoms with van der Waals surface area (Å²) < 4.78 is 5.30. The molecule has 0 bridgehead atoms. The fourth-order valence-corrected chi connectivity index (χ4v) is 3.10. The lowest BCUT2D eigenvalue weighted by Crippen LogP contribution is -2.38. The molecule has 1 saturated heterocycles. The standard InChI is InChI=1S/C20H19ClN2O5/c21-20(26)23-12-16(28-22-18(24)15-9-5-2-6-10-15)11-17(23)19(25)27-13-14-7-3-1-4-8-14/h1-10,16-17H,11-13H2,(H,22,24)/t16-,17+/m1/s1. The van der Waals surface area contributed by atoms with Gasteiger partial charge in [0.2, 0.25) is 0 Å². The molecular formula is C20H19ClN2O5. The molecule has 1 aliphatic heterocycles. The summed E-state index contributed by atoms with van der Waals surface area (Å²) in [5.41, 5.74) is 3.61. The van der Waals surface area contributed by atoms with E-state index in [2.05, 4.69) is 5.48 Å². The predicted octanol–water partition coefficient (Wildman–Crippen LogP) is 2.89. The Bertz CT molecular complexity index is 831. The van der Waals surface area contributed by atoms with Crippen molar-refractivity contribution in [1.82, 2.24) is 10.4 Å². The van der Waals surface area contributed by atoms with Crippen molar-refractivity contribution < 1.29 is 24.0 Å². The van der Waals surface area contributed by atoms with E-state index < -0.39 is 29.4 Å². The molecule has 28 heavy (non-hydrogen) atoms. The van der Waals surface area contributed by atoms with Gasteiger partial charge in [-0.05, 0) is 29.3 Å². The monoisotopic (exact) mass is 402 g/mol. The lowest BCUT2D eigenvalue weighted by atomic mass is 10.2. The maximum atomic E-state index is 12.4. The summed E-state index contributed by atoms with van der Waals surface area (Å²) in [5, 5.41) is -0.776. The van der Waals surface area contributed by atoms with Gasteiger partial charge in [-0.3, -0.25) is 14.4 Å². The second-order valence-electron chi connectivity index (χ2n) is 6.29. The first-order chi connectivity index (χ1) is 13.5. The summed E-state index contributed by atoms with van der Waals surface area (Å²) in [6.07, 6.45) is -0.411. The molecule has 0 spiro atoms. The van der Waals surface area contributed by atoms with Gasteiger partial charge < -0.3 is 9.64 Å². The number of rotatable bonds is 6. The first-order valence-corrected chi connectivity index (χ1v) is 9.10. The Balaban J connectivity index is 1.55. The lowest BCUT2D eigenvalue weighted by Gasteiger charge is -2.19. The quantitative estimate of drug-likeness (QED) is 0.347. The molecule has 2 aromatic carbocycles. The van der Waals surface area contributed by atoms with Crippen LogP contribution in [0.3, 0.4) is 0 Å². The number of esters is 1. The van der Waals surface area contributed by atoms with Crippen molar-refractivity contribution in [2.75, 3.05) is 6.54 Å². The van der Waals surface area contributed by atoms with E-state index >= 15 is 0 Å². The largest absolute Gasteiger partial charge is 0.459 e. The molecule has 1 aliphatic rings. The number of carbonyl (C=O) groups is 3. The Hall–Kier alpha value is -2.90. The van der Waals surface area contributed by atoms with E-state index in [1.165, 1.54) is 4.90 Å². The third-order valence-corrected chi connectivity index (χ3v) is 4.56. The molecular weight excluding hydrogens is 384 g/mol. The van der Waals surface area contributed by atoms with Crippen LogP contribution < -0.4 is 5.48 Å². The maximum Gasteiger partial charge on any atom is 0.329 e. The first kappa shape index (κ1) is 19.9. The van der Waals surface area contributed by atoms with E-state index in [4.69, 9.17) is 21.2 Å². The van der Waals surface area contributed by atoms with E-state index in [0.29, 0.717) is 5.56 Å². The van der Waals surface area contributed by atoms with Gasteiger partial charge in [-0.15, -0.1) is 0 Å². The highest BCUT2D eigenvalue weighted by Crippen LogP contribution is 2.23. The third-order valence-electron chi connectivity index (χ3n) is 4.34. The van der Waals surface area contributed by atoms with E-state index in [1.54, 1.807) is 30.3 Å². The summed E-state index contributed by atoms with van der Waals surface area (Å²) >= 11 is 5.60. The van der Waals surface area contributed by atoms with Gasteiger partial charge in [-0.25, -0.2) is 10.3 Å². The van der Waals surface area contributed by atoms with Crippen LogP contribution in [-0.4, -0.2) is 40.8 Å². The highest BCUT2D eigenvalue weighted by Gasteiger charge is 2.41. The molecule has 0 radical (unpaired) electrons. The van der Waals surface area contributed by atoms with Crippen molar-refractivity contribution in [3.05, 3.63) is 71.8 Å². The summed E-state index contributed by atoms with van der Waals surface area (Å²) in [6.45, 7) is 0.166. The smallest absolute Gasteiger partial charge is 0.329 e. The summed E-state index contributed by atoms with van der Waals surface area (Å²) in [7, 11) is 0. The van der Waals surface area contributed by atoms with Gasteiger partial charge in [0, 0.05) is 12.0 Å². The molecule has 1 heterocycles. The summed E-state index contributed by atoms with van der Waals surface area (Å²) in [6, 6.07) is 16.9. The molecule has 0 saturated carbocycles. The van der Waals surface area contributed by atoms with Gasteiger partial charge in [0.05, 0.1) is 6.54 Å². The number of halogens is 1. The van der Waals surface area contributed by atoms with Gasteiger partial charge in [-0.1, -0.05) is 48.5 Å². The third kappa shape index (κ3) is 5.09. The fourth-order valence-electron chi connectivity index (χ4n) is 2.91. The Morgan fingerprint density at radius 3 is 2.32 bits per heavy atom. The van der Waals surface area contributed by atoms with Crippen LogP contribution in [0.4, 0.5) is 4.79 Å². The van der Waals surface area contributed by atoms with Gasteiger partial charge in [0.25, 0.3) is 5.91 Å². The minimum Gasteiger partial charge on any atom is -0.459 e. The van der Waals surface area contributed by atoms with Gasteiger partial charge in [0.15, 0.2) is 0 Å². The molecule has 3 rings (SSSR count). The molecule has 0 unspecified atom stereocenters. The zero-order valence-corrected chi connectivity index (χ0v) is 15.7. The minimum atomic E-state index is -0.868. The molecule has 8 heteroatoms. The van der Waals surface area contributed by atoms with E-state index in [-0.39, 0.29) is 19.6 Å². The van der Waals surface area contributed by atoms with Gasteiger partial charge in [-0.2, -0.15) is 0 Å². The second-order valence-corrected chi connectivity index (χ2v) is 6.61. The number of carbonyl (C=O) groups excluding carboxylic acids is 3. The zero-order chi connectivity index (χ0) is 19.9. The van der Waals surface area contributed by atoms with Crippen LogP contribution >= 0.6 is 11.6 Å². The lowest BCUT2D eigenvalue weighted by molar-refractivity contribution is -0.149. The second kappa shape index (κ2) is 9.34. The fraction of sp³-hybridized carbons (Fsp3) is 0.250. The Kier molecular flexibility index (Phi) is 6.62. The molecule has 146 valence electrons. The number of amides is 2. The zero-order valence-electron chi connectivity index (χ0n) is 14.9. The van der Waals surface area contributed by atoms with Crippen LogP contribution in [0.1, 0.15) is 22.3 Å². The van der Waals surface area contributed by atoms with E-state index in [0.717, 1.165) is 5.56 Å². The number of likely N-dealkylation sites (tertiary alicyclic amines) is 1. The van der Waals surface area contributed by atoms with Gasteiger partial charge in [0.1, 0.15) is 18.8 Å². The average Bonchev–Trinajstić information content (AvgIpc) is 3.16. The molecule has 7 nitrogen and oxygen atoms in total. The number of benzene rings is 2. The van der Waals surface area contributed by atoms with Crippen LogP contribution in [-0.2, 0) is 21.0 Å². The number of hydrogen-bond donors (Lipinski definition) is 1. The normalized spacial score (nSPS) is 18.5. The van der Waals surface area contributed by atoms with Crippen molar-refractivity contribution in [3.8, 4) is 0 Å². The van der Waals surface area contributed by atoms with E-state index in [1.807, 2.05) is 30.3 Å². The van der Waals surface area contributed by atoms with Crippen molar-refractivity contribution in [2.24, 2.45) is 0 Å². The number of nitrogens with one attached hydrogen (secondary N) is 1. The first-order valence-electron chi connectivity index (χ1n) is 8.72. The van der Waals surface area contributed by atoms with Crippen LogP contribution in [0, 0.1) is 0 Å². The molecule has 0 aromatic heterocycles. The maximum absolute atomic E-state index is 12.4. The topological polar surface area (TPSA) is 84.9 Å². The van der Waals surface area contributed by atoms with Crippen molar-refractivity contribution in [1.29, 1.82) is 0 Å². The highest BCUT2D eigenvalue weighted by molar-refractivity contribution is 6.63. The molecule has 0 aliphatic carbocycles. The minimum absolute atomic E-state index is 0.0719. The Morgan fingerprint density at radius 2 is 1.68 bits per heavy atom. The Morgan fingerprint density at radius 1 is 1.04 bits per heavy atom.